The standard InChI is InChI=1S/C55H56N2O2/c1-51(2,3)29-15-17-41-35(19-29)37-21-31(53(7,8)9)23-47-49(37)56(41)43-27-39-33(25-45(43)58-47)34-26-46-44(28-40(34)55(39,13)14)57-42-18-16-30(52(4,5)6)20-36(42)38-22-32(54(10,11)12)24-48(59-46)50(38)57/h15-28H,1-14H3. The van der Waals surface area contributed by atoms with Crippen molar-refractivity contribution in [3.05, 3.63) is 118 Å². The second kappa shape index (κ2) is 11.0. The van der Waals surface area contributed by atoms with Crippen LogP contribution in [0.2, 0.25) is 0 Å². The first-order chi connectivity index (χ1) is 27.5. The summed E-state index contributed by atoms with van der Waals surface area (Å²) in [5, 5.41) is 5.05. The summed E-state index contributed by atoms with van der Waals surface area (Å²) in [6.07, 6.45) is 0. The van der Waals surface area contributed by atoms with Gasteiger partial charge in [-0.2, -0.15) is 0 Å². The monoisotopic (exact) mass is 776 g/mol. The number of hydrogen-bond acceptors (Lipinski definition) is 2. The largest absolute Gasteiger partial charge is 0.453 e. The first-order valence-corrected chi connectivity index (χ1v) is 21.5. The Kier molecular flexibility index (Phi) is 6.83. The van der Waals surface area contributed by atoms with E-state index in [-0.39, 0.29) is 27.1 Å². The number of nitrogens with zero attached hydrogens (tertiary/aromatic N) is 2. The van der Waals surface area contributed by atoms with E-state index < -0.39 is 0 Å². The van der Waals surface area contributed by atoms with Gasteiger partial charge in [0.05, 0.1) is 33.4 Å². The predicted octanol–water partition coefficient (Wildman–Crippen LogP) is 15.6. The van der Waals surface area contributed by atoms with E-state index in [4.69, 9.17) is 9.47 Å². The van der Waals surface area contributed by atoms with Crippen molar-refractivity contribution in [3.63, 3.8) is 0 Å². The summed E-state index contributed by atoms with van der Waals surface area (Å²) >= 11 is 0. The van der Waals surface area contributed by atoms with Gasteiger partial charge in [-0.15, -0.1) is 0 Å². The fraction of sp³-hybridized carbons (Fsp3) is 0.345. The third-order valence-corrected chi connectivity index (χ3v) is 13.9. The topological polar surface area (TPSA) is 28.3 Å². The third-order valence-electron chi connectivity index (χ3n) is 13.9. The van der Waals surface area contributed by atoms with Gasteiger partial charge in [-0.3, -0.25) is 0 Å². The molecule has 3 aliphatic rings. The first kappa shape index (κ1) is 36.6. The SMILES string of the molecule is CC(C)(C)c1ccc2c(c1)c1cc(C(C)(C)C)cc3c1n2-c1cc2c(cc1O3)-c1cc3c(cc1C2(C)C)-n1c2ccc(C(C)(C)C)cc2c2cc(C(C)(C)C)cc(c21)O3. The van der Waals surface area contributed by atoms with Crippen molar-refractivity contribution in [1.82, 2.24) is 9.13 Å². The molecule has 4 heteroatoms. The number of rotatable bonds is 0. The number of hydrogen-bond donors (Lipinski definition) is 0. The number of fused-ring (bicyclic) bond motifs is 13. The predicted molar refractivity (Wildman–Crippen MR) is 248 cm³/mol. The van der Waals surface area contributed by atoms with Crippen molar-refractivity contribution in [2.75, 3.05) is 0 Å². The van der Waals surface area contributed by atoms with Crippen molar-refractivity contribution < 1.29 is 9.47 Å². The summed E-state index contributed by atoms with van der Waals surface area (Å²) in [6, 6.07) is 33.0. The van der Waals surface area contributed by atoms with Crippen LogP contribution in [0.4, 0.5) is 0 Å². The second-order valence-electron chi connectivity index (χ2n) is 22.4. The molecule has 11 rings (SSSR count). The van der Waals surface area contributed by atoms with Gasteiger partial charge in [-0.1, -0.05) is 109 Å². The van der Waals surface area contributed by atoms with Crippen LogP contribution in [0.15, 0.2) is 84.9 Å². The Morgan fingerprint density at radius 2 is 0.746 bits per heavy atom. The molecule has 0 saturated heterocycles. The molecule has 0 atom stereocenters. The highest BCUT2D eigenvalue weighted by Crippen LogP contribution is 2.58. The zero-order valence-corrected chi connectivity index (χ0v) is 37.3. The summed E-state index contributed by atoms with van der Waals surface area (Å²) in [6.45, 7) is 32.3. The van der Waals surface area contributed by atoms with E-state index in [9.17, 15) is 0 Å². The van der Waals surface area contributed by atoms with Gasteiger partial charge in [0.2, 0.25) is 0 Å². The van der Waals surface area contributed by atoms with Crippen LogP contribution in [-0.4, -0.2) is 9.13 Å². The summed E-state index contributed by atoms with van der Waals surface area (Å²) < 4.78 is 19.1. The van der Waals surface area contributed by atoms with Crippen LogP contribution in [0.25, 0.3) is 66.1 Å². The minimum absolute atomic E-state index is 0.0332. The molecule has 298 valence electrons. The molecule has 1 aliphatic carbocycles. The fourth-order valence-electron chi connectivity index (χ4n) is 10.2. The summed E-state index contributed by atoms with van der Waals surface area (Å²) in [7, 11) is 0. The van der Waals surface area contributed by atoms with Crippen molar-refractivity contribution in [2.24, 2.45) is 0 Å². The normalized spacial score (nSPS) is 15.4. The molecular formula is C55H56N2O2. The Labute approximate surface area is 348 Å². The van der Waals surface area contributed by atoms with Gasteiger partial charge in [0.25, 0.3) is 0 Å². The second-order valence-corrected chi connectivity index (χ2v) is 22.4. The minimum Gasteiger partial charge on any atom is -0.453 e. The minimum atomic E-state index is -0.273. The van der Waals surface area contributed by atoms with Gasteiger partial charge in [-0.05, 0) is 139 Å². The molecule has 59 heavy (non-hydrogen) atoms. The molecule has 2 aromatic heterocycles. The van der Waals surface area contributed by atoms with Crippen LogP contribution < -0.4 is 9.47 Å². The van der Waals surface area contributed by atoms with Crippen LogP contribution >= 0.6 is 0 Å². The lowest BCUT2D eigenvalue weighted by Gasteiger charge is -2.28. The van der Waals surface area contributed by atoms with Crippen molar-refractivity contribution >= 4 is 43.6 Å². The lowest BCUT2D eigenvalue weighted by molar-refractivity contribution is 0.472. The quantitative estimate of drug-likeness (QED) is 0.153. The van der Waals surface area contributed by atoms with Gasteiger partial charge in [0, 0.05) is 27.0 Å². The van der Waals surface area contributed by atoms with Gasteiger partial charge in [0.15, 0.2) is 23.0 Å². The highest BCUT2D eigenvalue weighted by Gasteiger charge is 2.41. The van der Waals surface area contributed by atoms with E-state index in [1.54, 1.807) is 0 Å². The Bertz CT molecular complexity index is 2990. The van der Waals surface area contributed by atoms with Crippen LogP contribution in [0.1, 0.15) is 130 Å². The van der Waals surface area contributed by atoms with Gasteiger partial charge < -0.3 is 18.6 Å². The molecule has 0 unspecified atom stereocenters. The lowest BCUT2D eigenvalue weighted by Crippen LogP contribution is -2.17. The molecule has 0 N–H and O–H groups in total. The van der Waals surface area contributed by atoms with Crippen LogP contribution in [0.5, 0.6) is 23.0 Å². The van der Waals surface area contributed by atoms with Gasteiger partial charge in [-0.25, -0.2) is 0 Å². The Morgan fingerprint density at radius 1 is 0.390 bits per heavy atom. The van der Waals surface area contributed by atoms with E-state index in [2.05, 4.69) is 191 Å². The van der Waals surface area contributed by atoms with E-state index in [0.717, 1.165) is 45.4 Å². The zero-order valence-electron chi connectivity index (χ0n) is 37.3. The first-order valence-electron chi connectivity index (χ1n) is 21.5. The maximum atomic E-state index is 7.08. The molecule has 0 bridgehead atoms. The zero-order chi connectivity index (χ0) is 41.7. The molecular weight excluding hydrogens is 721 g/mol. The summed E-state index contributed by atoms with van der Waals surface area (Å²) in [5.74, 6) is 3.61. The lowest BCUT2D eigenvalue weighted by atomic mass is 9.82. The molecule has 4 nitrogen and oxygen atoms in total. The third kappa shape index (κ3) is 4.95. The number of aromatic nitrogens is 2. The van der Waals surface area contributed by atoms with Crippen LogP contribution in [-0.2, 0) is 27.1 Å². The van der Waals surface area contributed by atoms with E-state index in [0.29, 0.717) is 0 Å². The molecule has 0 spiro atoms. The molecule has 2 aliphatic heterocycles. The highest BCUT2D eigenvalue weighted by molar-refractivity contribution is 6.14. The van der Waals surface area contributed by atoms with E-state index >= 15 is 0 Å². The highest BCUT2D eigenvalue weighted by atomic mass is 16.5. The molecule has 8 aromatic rings. The van der Waals surface area contributed by atoms with E-state index in [1.807, 2.05) is 0 Å². The summed E-state index contributed by atoms with van der Waals surface area (Å²) in [4.78, 5) is 0. The van der Waals surface area contributed by atoms with Crippen LogP contribution in [0, 0.1) is 0 Å². The molecule has 4 heterocycles. The van der Waals surface area contributed by atoms with Gasteiger partial charge >= 0.3 is 0 Å². The fourth-order valence-corrected chi connectivity index (χ4v) is 10.2. The molecule has 0 fully saturated rings. The smallest absolute Gasteiger partial charge is 0.152 e. The average Bonchev–Trinajstić information content (AvgIpc) is 3.73. The Morgan fingerprint density at radius 3 is 1.10 bits per heavy atom. The van der Waals surface area contributed by atoms with Crippen molar-refractivity contribution in [1.29, 1.82) is 0 Å². The maximum absolute atomic E-state index is 7.08. The van der Waals surface area contributed by atoms with Gasteiger partial charge in [0.1, 0.15) is 0 Å². The van der Waals surface area contributed by atoms with Crippen LogP contribution in [0.3, 0.4) is 0 Å². The summed E-state index contributed by atoms with van der Waals surface area (Å²) in [5.41, 5.74) is 16.9. The van der Waals surface area contributed by atoms with Crippen molar-refractivity contribution in [2.45, 2.75) is 124 Å². The average molecular weight is 777 g/mol. The maximum Gasteiger partial charge on any atom is 0.152 e. The molecule has 0 saturated carbocycles. The number of benzene rings is 6. The Balaban J connectivity index is 1.15. The number of ether oxygens (including phenoxy) is 2. The molecule has 0 radical (unpaired) electrons. The van der Waals surface area contributed by atoms with E-state index in [1.165, 1.54) is 77.1 Å². The van der Waals surface area contributed by atoms with Crippen molar-refractivity contribution in [3.8, 4) is 45.5 Å². The molecule has 0 amide bonds. The molecule has 6 aromatic carbocycles. The Hall–Kier alpha value is -5.48.